The van der Waals surface area contributed by atoms with Gasteiger partial charge in [0.15, 0.2) is 17.8 Å². The lowest BCUT2D eigenvalue weighted by Gasteiger charge is -2.15. The molecule has 0 bridgehead atoms. The second-order valence-electron chi connectivity index (χ2n) is 7.37. The summed E-state index contributed by atoms with van der Waals surface area (Å²) >= 11 is 5.87. The van der Waals surface area contributed by atoms with Gasteiger partial charge in [0, 0.05) is 10.6 Å². The Morgan fingerprint density at radius 2 is 1.77 bits per heavy atom. The molecule has 0 aliphatic carbocycles. The largest absolute Gasteiger partial charge is 0.478 e. The molecule has 2 aromatic heterocycles. The first-order valence-corrected chi connectivity index (χ1v) is 10.3. The highest BCUT2D eigenvalue weighted by molar-refractivity contribution is 6.30. The van der Waals surface area contributed by atoms with Crippen LogP contribution in [0.15, 0.2) is 59.7 Å². The molecule has 0 fully saturated rings. The van der Waals surface area contributed by atoms with Crippen molar-refractivity contribution in [2.75, 3.05) is 0 Å². The zero-order chi connectivity index (χ0) is 25.3. The molecule has 182 valence electrons. The molecule has 4 aromatic rings. The summed E-state index contributed by atoms with van der Waals surface area (Å²) in [6.45, 7) is -1.40. The van der Waals surface area contributed by atoms with E-state index in [9.17, 15) is 33.0 Å². The highest BCUT2D eigenvalue weighted by Gasteiger charge is 2.39. The number of aliphatic hydroxyl groups excluding tert-OH is 1. The van der Waals surface area contributed by atoms with Crippen LogP contribution in [-0.2, 0) is 13.1 Å². The van der Waals surface area contributed by atoms with E-state index in [-0.39, 0.29) is 29.4 Å². The fourth-order valence-electron chi connectivity index (χ4n) is 3.27. The number of aliphatic hydroxyl groups is 1. The normalized spacial score (nSPS) is 12.6. The van der Waals surface area contributed by atoms with E-state index < -0.39 is 30.5 Å². The first-order valence-electron chi connectivity index (χ1n) is 9.96. The molecular weight excluding hydrogens is 493 g/mol. The number of aromatic carboxylic acids is 1. The average Bonchev–Trinajstić information content (AvgIpc) is 3.39. The summed E-state index contributed by atoms with van der Waals surface area (Å²) in [5.74, 6) is -1.25. The Hall–Kier alpha value is -3.97. The third-order valence-electron chi connectivity index (χ3n) is 4.97. The molecule has 0 aliphatic heterocycles. The molecule has 0 amide bonds. The molecule has 2 N–H and O–H groups in total. The monoisotopic (exact) mass is 508 g/mol. The molecule has 4 rings (SSSR count). The van der Waals surface area contributed by atoms with Crippen LogP contribution < -0.4 is 5.69 Å². The van der Waals surface area contributed by atoms with Crippen molar-refractivity contribution in [3.63, 3.8) is 0 Å². The molecule has 14 heteroatoms. The fourth-order valence-corrected chi connectivity index (χ4v) is 3.40. The van der Waals surface area contributed by atoms with Gasteiger partial charge in [-0.1, -0.05) is 23.7 Å². The van der Waals surface area contributed by atoms with Crippen molar-refractivity contribution in [1.82, 2.24) is 29.1 Å². The predicted molar refractivity (Wildman–Crippen MR) is 116 cm³/mol. The van der Waals surface area contributed by atoms with Crippen LogP contribution in [0.1, 0.15) is 16.2 Å². The number of nitrogens with zero attached hydrogens (tertiary/aromatic N) is 6. The number of benzene rings is 2. The first kappa shape index (κ1) is 24.2. The van der Waals surface area contributed by atoms with Crippen molar-refractivity contribution in [2.45, 2.75) is 25.4 Å². The van der Waals surface area contributed by atoms with Crippen molar-refractivity contribution >= 4 is 17.6 Å². The van der Waals surface area contributed by atoms with Crippen LogP contribution in [0.2, 0.25) is 5.02 Å². The van der Waals surface area contributed by atoms with E-state index >= 15 is 0 Å². The number of alkyl halides is 3. The zero-order valence-electron chi connectivity index (χ0n) is 17.6. The van der Waals surface area contributed by atoms with E-state index in [1.807, 2.05) is 0 Å². The highest BCUT2D eigenvalue weighted by Crippen LogP contribution is 2.24. The van der Waals surface area contributed by atoms with Crippen LogP contribution in [-0.4, -0.2) is 57.6 Å². The molecular formula is C21H16ClF3N6O4. The van der Waals surface area contributed by atoms with Crippen molar-refractivity contribution < 1.29 is 28.2 Å². The number of hydrogen-bond acceptors (Lipinski definition) is 6. The highest BCUT2D eigenvalue weighted by atomic mass is 35.5. The number of aromatic nitrogens is 6. The van der Waals surface area contributed by atoms with E-state index in [0.29, 0.717) is 15.2 Å². The first-order chi connectivity index (χ1) is 16.5. The summed E-state index contributed by atoms with van der Waals surface area (Å²) in [5, 5.41) is 27.6. The maximum atomic E-state index is 13.0. The molecule has 0 saturated carbocycles. The zero-order valence-corrected chi connectivity index (χ0v) is 18.3. The van der Waals surface area contributed by atoms with E-state index in [2.05, 4.69) is 15.2 Å². The van der Waals surface area contributed by atoms with Crippen molar-refractivity contribution in [3.8, 4) is 17.1 Å². The molecule has 10 nitrogen and oxygen atoms in total. The second-order valence-corrected chi connectivity index (χ2v) is 7.80. The number of hydrogen-bond donors (Lipinski definition) is 2. The Kier molecular flexibility index (Phi) is 6.45. The summed E-state index contributed by atoms with van der Waals surface area (Å²) in [6, 6.07) is 12.0. The summed E-state index contributed by atoms with van der Waals surface area (Å²) < 4.78 is 41.7. The van der Waals surface area contributed by atoms with Gasteiger partial charge in [-0.15, -0.1) is 10.2 Å². The van der Waals surface area contributed by atoms with Gasteiger partial charge in [-0.25, -0.2) is 23.9 Å². The summed E-state index contributed by atoms with van der Waals surface area (Å²) in [4.78, 5) is 28.5. The van der Waals surface area contributed by atoms with Gasteiger partial charge in [0.2, 0.25) is 0 Å². The van der Waals surface area contributed by atoms with Crippen LogP contribution in [0.3, 0.4) is 0 Å². The molecule has 1 atom stereocenters. The number of rotatable bonds is 7. The lowest BCUT2D eigenvalue weighted by atomic mass is 10.2. The van der Waals surface area contributed by atoms with Gasteiger partial charge in [-0.05, 0) is 36.4 Å². The van der Waals surface area contributed by atoms with Gasteiger partial charge in [0.25, 0.3) is 0 Å². The number of carboxylic acids is 1. The Balaban J connectivity index is 1.71. The Labute approximate surface area is 199 Å². The smallest absolute Gasteiger partial charge is 0.416 e. The summed E-state index contributed by atoms with van der Waals surface area (Å²) in [5.41, 5.74) is -0.433. The molecule has 2 aromatic carbocycles. The van der Waals surface area contributed by atoms with E-state index in [1.165, 1.54) is 47.4 Å². The predicted octanol–water partition coefficient (Wildman–Crippen LogP) is 2.62. The quantitative estimate of drug-likeness (QED) is 0.393. The maximum Gasteiger partial charge on any atom is 0.416 e. The van der Waals surface area contributed by atoms with Gasteiger partial charge >= 0.3 is 17.8 Å². The van der Waals surface area contributed by atoms with Crippen LogP contribution in [0.5, 0.6) is 0 Å². The molecule has 2 heterocycles. The van der Waals surface area contributed by atoms with Crippen molar-refractivity contribution in [1.29, 1.82) is 0 Å². The van der Waals surface area contributed by atoms with Crippen molar-refractivity contribution in [2.24, 2.45) is 0 Å². The van der Waals surface area contributed by atoms with Crippen LogP contribution in [0.4, 0.5) is 13.2 Å². The molecule has 0 unspecified atom stereocenters. The van der Waals surface area contributed by atoms with Gasteiger partial charge in [0.1, 0.15) is 12.9 Å². The second kappa shape index (κ2) is 9.35. The van der Waals surface area contributed by atoms with Gasteiger partial charge in [0.05, 0.1) is 17.8 Å². The molecule has 0 spiro atoms. The Morgan fingerprint density at radius 3 is 2.43 bits per heavy atom. The number of carbonyl (C=O) groups is 1. The molecule has 0 saturated heterocycles. The number of halogens is 4. The fraction of sp³-hybridized carbons (Fsp3) is 0.190. The maximum absolute atomic E-state index is 13.0. The van der Waals surface area contributed by atoms with Gasteiger partial charge < -0.3 is 10.2 Å². The third-order valence-corrected chi connectivity index (χ3v) is 5.22. The molecule has 0 radical (unpaired) electrons. The molecule has 35 heavy (non-hydrogen) atoms. The Bertz CT molecular complexity index is 1430. The van der Waals surface area contributed by atoms with Crippen LogP contribution in [0, 0.1) is 0 Å². The van der Waals surface area contributed by atoms with Crippen molar-refractivity contribution in [3.05, 3.63) is 81.8 Å². The molecule has 0 aliphatic rings. The van der Waals surface area contributed by atoms with Gasteiger partial charge in [-0.3, -0.25) is 4.57 Å². The van der Waals surface area contributed by atoms with Crippen LogP contribution in [0.25, 0.3) is 17.1 Å². The number of carboxylic acid groups (broad SMARTS) is 1. The lowest BCUT2D eigenvalue weighted by Crippen LogP contribution is -2.37. The third kappa shape index (κ3) is 5.10. The van der Waals surface area contributed by atoms with Crippen LogP contribution >= 0.6 is 11.6 Å². The standard InChI is InChI=1S/C21H16ClF3N6O4/c22-13-7-5-12(6-8-13)18-28-30(20(35)29(18)9-16(32)21(23,24)25)10-17-26-11-31(27-17)15-4-2-1-3-14(15)19(33)34/h1-8,11,16,32H,9-10H2,(H,33,34)/t16-/m0/s1. The Morgan fingerprint density at radius 1 is 1.09 bits per heavy atom. The van der Waals surface area contributed by atoms with E-state index in [0.717, 1.165) is 4.68 Å². The summed E-state index contributed by atoms with van der Waals surface area (Å²) in [7, 11) is 0. The topological polar surface area (TPSA) is 128 Å². The van der Waals surface area contributed by atoms with Gasteiger partial charge in [-0.2, -0.15) is 13.2 Å². The number of para-hydroxylation sites is 1. The minimum atomic E-state index is -4.95. The SMILES string of the molecule is O=C(O)c1ccccc1-n1cnc(Cn2nc(-c3ccc(Cl)cc3)n(C[C@H](O)C(F)(F)F)c2=O)n1. The average molecular weight is 509 g/mol. The minimum Gasteiger partial charge on any atom is -0.478 e. The summed E-state index contributed by atoms with van der Waals surface area (Å²) in [6.07, 6.45) is -6.50. The minimum absolute atomic E-state index is 0.0310. The van der Waals surface area contributed by atoms with E-state index in [1.54, 1.807) is 12.1 Å². The van der Waals surface area contributed by atoms with E-state index in [4.69, 9.17) is 11.6 Å². The lowest BCUT2D eigenvalue weighted by molar-refractivity contribution is -0.207.